The van der Waals surface area contributed by atoms with E-state index in [1.54, 1.807) is 42.5 Å². The number of anilines is 2. The molecule has 2 aliphatic rings. The minimum absolute atomic E-state index is 0.0196. The van der Waals surface area contributed by atoms with Crippen molar-refractivity contribution in [3.63, 3.8) is 0 Å². The average molecular weight is 422 g/mol. The molecule has 0 spiro atoms. The van der Waals surface area contributed by atoms with E-state index in [4.69, 9.17) is 11.6 Å². The van der Waals surface area contributed by atoms with Crippen LogP contribution in [0, 0.1) is 0 Å². The number of hydrogen-bond acceptors (Lipinski definition) is 6. The van der Waals surface area contributed by atoms with Crippen molar-refractivity contribution in [1.29, 1.82) is 0 Å². The maximum atomic E-state index is 12.4. The first-order chi connectivity index (χ1) is 12.9. The second-order valence-corrected chi connectivity index (χ2v) is 10.2. The van der Waals surface area contributed by atoms with E-state index in [1.165, 1.54) is 11.8 Å². The zero-order chi connectivity index (χ0) is 19.0. The molecule has 0 bridgehead atoms. The van der Waals surface area contributed by atoms with E-state index in [1.807, 2.05) is 6.07 Å². The van der Waals surface area contributed by atoms with E-state index in [2.05, 4.69) is 15.6 Å². The minimum Gasteiger partial charge on any atom is -0.335 e. The van der Waals surface area contributed by atoms with Gasteiger partial charge >= 0.3 is 0 Å². The van der Waals surface area contributed by atoms with Crippen molar-refractivity contribution in [3.8, 4) is 0 Å². The van der Waals surface area contributed by atoms with Gasteiger partial charge in [0.2, 0.25) is 0 Å². The Hall–Kier alpha value is -2.03. The van der Waals surface area contributed by atoms with Crippen LogP contribution in [0.5, 0.6) is 0 Å². The largest absolute Gasteiger partial charge is 0.335 e. The summed E-state index contributed by atoms with van der Waals surface area (Å²) in [6, 6.07) is 13.8. The number of nitrogens with zero attached hydrogens (tertiary/aromatic N) is 1. The number of carbonyl (C=O) groups is 1. The van der Waals surface area contributed by atoms with Crippen LogP contribution in [0.4, 0.5) is 11.4 Å². The van der Waals surface area contributed by atoms with Gasteiger partial charge in [0.15, 0.2) is 15.0 Å². The minimum atomic E-state index is -2.97. The van der Waals surface area contributed by atoms with Crippen LogP contribution in [0.3, 0.4) is 0 Å². The molecule has 0 aromatic heterocycles. The number of benzene rings is 2. The SMILES string of the molecule is O=C(Nc1ccc(Cl)cc1)c1cccc(NC2=N[C@H]3CS(=O)(=O)C[C@@H]3S2)c1. The number of sulfone groups is 1. The maximum absolute atomic E-state index is 12.4. The summed E-state index contributed by atoms with van der Waals surface area (Å²) in [5.74, 6) is 0.0462. The lowest BCUT2D eigenvalue weighted by molar-refractivity contribution is 0.102. The van der Waals surface area contributed by atoms with Gasteiger partial charge in [0.05, 0.1) is 17.5 Å². The molecule has 1 fully saturated rings. The number of rotatable bonds is 3. The van der Waals surface area contributed by atoms with Crippen molar-refractivity contribution in [1.82, 2.24) is 0 Å². The standard InChI is InChI=1S/C18H16ClN3O3S2/c19-12-4-6-13(7-5-12)20-17(23)11-2-1-3-14(8-11)21-18-22-15-9-27(24,25)10-16(15)26-18/h1-8,15-16H,9-10H2,(H,20,23)(H,21,22)/t15-,16-/m0/s1. The van der Waals surface area contributed by atoms with Crippen LogP contribution in [-0.2, 0) is 9.84 Å². The van der Waals surface area contributed by atoms with Crippen molar-refractivity contribution < 1.29 is 13.2 Å². The number of aliphatic imine (C=N–C) groups is 1. The van der Waals surface area contributed by atoms with Crippen molar-refractivity contribution >= 4 is 55.6 Å². The quantitative estimate of drug-likeness (QED) is 0.794. The van der Waals surface area contributed by atoms with Crippen LogP contribution < -0.4 is 10.6 Å². The third-order valence-corrected chi connectivity index (χ3v) is 7.69. The fourth-order valence-corrected chi connectivity index (χ4v) is 6.82. The van der Waals surface area contributed by atoms with Gasteiger partial charge in [-0.2, -0.15) is 0 Å². The number of thioether (sulfide) groups is 1. The molecule has 2 atom stereocenters. The molecule has 0 aliphatic carbocycles. The first kappa shape index (κ1) is 18.3. The molecular weight excluding hydrogens is 406 g/mol. The Morgan fingerprint density at radius 1 is 1.11 bits per heavy atom. The molecule has 0 radical (unpaired) electrons. The summed E-state index contributed by atoms with van der Waals surface area (Å²) >= 11 is 7.29. The highest BCUT2D eigenvalue weighted by Crippen LogP contribution is 2.34. The Kier molecular flexibility index (Phi) is 4.88. The van der Waals surface area contributed by atoms with E-state index in [9.17, 15) is 13.2 Å². The monoisotopic (exact) mass is 421 g/mol. The lowest BCUT2D eigenvalue weighted by Gasteiger charge is -2.09. The zero-order valence-electron chi connectivity index (χ0n) is 14.1. The molecule has 9 heteroatoms. The molecule has 4 rings (SSSR count). The predicted octanol–water partition coefficient (Wildman–Crippen LogP) is 3.27. The summed E-state index contributed by atoms with van der Waals surface area (Å²) in [7, 11) is -2.97. The molecule has 140 valence electrons. The second kappa shape index (κ2) is 7.18. The highest BCUT2D eigenvalue weighted by molar-refractivity contribution is 8.15. The topological polar surface area (TPSA) is 87.6 Å². The summed E-state index contributed by atoms with van der Waals surface area (Å²) in [4.78, 5) is 16.9. The first-order valence-electron chi connectivity index (χ1n) is 8.27. The van der Waals surface area contributed by atoms with E-state index in [0.29, 0.717) is 21.4 Å². The number of amides is 1. The lowest BCUT2D eigenvalue weighted by Crippen LogP contribution is -2.14. The lowest BCUT2D eigenvalue weighted by atomic mass is 10.2. The molecule has 1 saturated heterocycles. The summed E-state index contributed by atoms with van der Waals surface area (Å²) in [6.07, 6.45) is 0. The highest BCUT2D eigenvalue weighted by atomic mass is 35.5. The van der Waals surface area contributed by atoms with Gasteiger partial charge in [-0.05, 0) is 42.5 Å². The van der Waals surface area contributed by atoms with Gasteiger partial charge in [-0.25, -0.2) is 8.42 Å². The Bertz CT molecular complexity index is 1020. The number of halogens is 1. The molecule has 1 amide bonds. The van der Waals surface area contributed by atoms with Gasteiger partial charge in [0.1, 0.15) is 0 Å². The number of carbonyl (C=O) groups excluding carboxylic acids is 1. The van der Waals surface area contributed by atoms with Crippen LogP contribution in [0.25, 0.3) is 0 Å². The van der Waals surface area contributed by atoms with Crippen molar-refractivity contribution in [2.45, 2.75) is 11.3 Å². The molecule has 27 heavy (non-hydrogen) atoms. The smallest absolute Gasteiger partial charge is 0.255 e. The van der Waals surface area contributed by atoms with E-state index >= 15 is 0 Å². The van der Waals surface area contributed by atoms with Crippen LogP contribution >= 0.6 is 23.4 Å². The molecule has 2 heterocycles. The van der Waals surface area contributed by atoms with Crippen LogP contribution in [0.1, 0.15) is 10.4 Å². The summed E-state index contributed by atoms with van der Waals surface area (Å²) in [5, 5.41) is 7.28. The fraction of sp³-hybridized carbons (Fsp3) is 0.222. The van der Waals surface area contributed by atoms with Gasteiger partial charge in [-0.15, -0.1) is 0 Å². The number of nitrogens with one attached hydrogen (secondary N) is 2. The van der Waals surface area contributed by atoms with Gasteiger partial charge in [-0.1, -0.05) is 29.4 Å². The molecule has 0 saturated carbocycles. The molecule has 2 aromatic carbocycles. The maximum Gasteiger partial charge on any atom is 0.255 e. The number of amidine groups is 1. The normalized spacial score (nSPS) is 22.8. The summed E-state index contributed by atoms with van der Waals surface area (Å²) < 4.78 is 23.3. The third-order valence-electron chi connectivity index (χ3n) is 4.30. The van der Waals surface area contributed by atoms with Crippen LogP contribution in [-0.4, -0.2) is 42.3 Å². The van der Waals surface area contributed by atoms with Crippen LogP contribution in [0.2, 0.25) is 5.02 Å². The van der Waals surface area contributed by atoms with Crippen molar-refractivity contribution in [2.75, 3.05) is 22.1 Å². The van der Waals surface area contributed by atoms with Gasteiger partial charge in [0.25, 0.3) is 5.91 Å². The van der Waals surface area contributed by atoms with Crippen molar-refractivity contribution in [3.05, 3.63) is 59.1 Å². The molecular formula is C18H16ClN3O3S2. The zero-order valence-corrected chi connectivity index (χ0v) is 16.4. The molecule has 2 aromatic rings. The van der Waals surface area contributed by atoms with Gasteiger partial charge < -0.3 is 10.6 Å². The third kappa shape index (κ3) is 4.28. The second-order valence-electron chi connectivity index (χ2n) is 6.40. The molecule has 6 nitrogen and oxygen atoms in total. The highest BCUT2D eigenvalue weighted by Gasteiger charge is 2.42. The Labute approximate surface area is 166 Å². The summed E-state index contributed by atoms with van der Waals surface area (Å²) in [5.41, 5.74) is 1.89. The van der Waals surface area contributed by atoms with Crippen LogP contribution in [0.15, 0.2) is 53.5 Å². The van der Waals surface area contributed by atoms with Gasteiger partial charge in [0, 0.05) is 27.2 Å². The van der Waals surface area contributed by atoms with Gasteiger partial charge in [-0.3, -0.25) is 9.79 Å². The molecule has 2 N–H and O–H groups in total. The Morgan fingerprint density at radius 2 is 1.89 bits per heavy atom. The summed E-state index contributed by atoms with van der Waals surface area (Å²) in [6.45, 7) is 0. The molecule has 2 aliphatic heterocycles. The van der Waals surface area contributed by atoms with E-state index in [-0.39, 0.29) is 28.7 Å². The fourth-order valence-electron chi connectivity index (χ4n) is 3.01. The van der Waals surface area contributed by atoms with E-state index in [0.717, 1.165) is 5.69 Å². The number of fused-ring (bicyclic) bond motifs is 1. The Morgan fingerprint density at radius 3 is 2.63 bits per heavy atom. The number of hydrogen-bond donors (Lipinski definition) is 2. The Balaban J connectivity index is 1.44. The van der Waals surface area contributed by atoms with E-state index < -0.39 is 9.84 Å². The van der Waals surface area contributed by atoms with Crippen molar-refractivity contribution in [2.24, 2.45) is 4.99 Å². The first-order valence-corrected chi connectivity index (χ1v) is 11.3. The molecule has 0 unspecified atom stereocenters. The predicted molar refractivity (Wildman–Crippen MR) is 111 cm³/mol. The average Bonchev–Trinajstić information content (AvgIpc) is 3.09.